The van der Waals surface area contributed by atoms with Crippen LogP contribution in [0.4, 0.5) is 0 Å². The van der Waals surface area contributed by atoms with E-state index in [1.54, 1.807) is 0 Å². The Kier molecular flexibility index (Phi) is 13.1. The van der Waals surface area contributed by atoms with Gasteiger partial charge in [-0.15, -0.1) is 6.58 Å². The molecule has 1 atom stereocenters. The van der Waals surface area contributed by atoms with Crippen LogP contribution in [0.3, 0.4) is 0 Å². The molecule has 0 amide bonds. The lowest BCUT2D eigenvalue weighted by Crippen LogP contribution is -1.97. The van der Waals surface area contributed by atoms with Gasteiger partial charge in [0, 0.05) is 0 Å². The van der Waals surface area contributed by atoms with E-state index < -0.39 is 0 Å². The summed E-state index contributed by atoms with van der Waals surface area (Å²) in [5.41, 5.74) is 0. The van der Waals surface area contributed by atoms with Crippen LogP contribution >= 0.6 is 0 Å². The van der Waals surface area contributed by atoms with Gasteiger partial charge in [-0.1, -0.05) is 55.9 Å². The predicted octanol–water partition coefficient (Wildman–Crippen LogP) is 4.95. The molecule has 0 aliphatic rings. The first-order valence-corrected chi connectivity index (χ1v) is 7.08. The molecule has 0 aliphatic heterocycles. The van der Waals surface area contributed by atoms with Crippen LogP contribution in [0.2, 0.25) is 0 Å². The Bertz CT molecular complexity index is 261. The molecular weight excluding hydrogens is 220 g/mol. The van der Waals surface area contributed by atoms with Crippen LogP contribution in [0.5, 0.6) is 0 Å². The highest BCUT2D eigenvalue weighted by atomic mass is 16.3. The van der Waals surface area contributed by atoms with E-state index in [0.29, 0.717) is 0 Å². The first-order chi connectivity index (χ1) is 8.81. The maximum atomic E-state index is 9.28. The summed E-state index contributed by atoms with van der Waals surface area (Å²) in [4.78, 5) is 0. The summed E-state index contributed by atoms with van der Waals surface area (Å²) in [7, 11) is 0. The van der Waals surface area contributed by atoms with E-state index in [2.05, 4.69) is 24.8 Å². The Balaban J connectivity index is 3.39. The highest BCUT2D eigenvalue weighted by molar-refractivity contribution is 5.06. The SMILES string of the molecule is C=CCCCCC/C=C\C/C=C\C=C\C(O)CC. The van der Waals surface area contributed by atoms with E-state index in [-0.39, 0.29) is 6.10 Å². The molecule has 1 nitrogen and oxygen atoms in total. The van der Waals surface area contributed by atoms with Crippen molar-refractivity contribution in [3.63, 3.8) is 0 Å². The normalized spacial score (nSPS) is 13.9. The summed E-state index contributed by atoms with van der Waals surface area (Å²) < 4.78 is 0. The van der Waals surface area contributed by atoms with Gasteiger partial charge >= 0.3 is 0 Å². The van der Waals surface area contributed by atoms with Crippen molar-refractivity contribution >= 4 is 0 Å². The predicted molar refractivity (Wildman–Crippen MR) is 81.6 cm³/mol. The lowest BCUT2D eigenvalue weighted by atomic mass is 10.1. The lowest BCUT2D eigenvalue weighted by Gasteiger charge is -1.96. The third-order valence-electron chi connectivity index (χ3n) is 2.72. The van der Waals surface area contributed by atoms with Crippen LogP contribution in [-0.2, 0) is 0 Å². The summed E-state index contributed by atoms with van der Waals surface area (Å²) in [5.74, 6) is 0. The average molecular weight is 248 g/mol. The molecule has 0 radical (unpaired) electrons. The number of hydrogen-bond acceptors (Lipinski definition) is 1. The largest absolute Gasteiger partial charge is 0.389 e. The fraction of sp³-hybridized carbons (Fsp3) is 0.529. The van der Waals surface area contributed by atoms with E-state index in [0.717, 1.165) is 19.3 Å². The molecule has 1 unspecified atom stereocenters. The zero-order valence-corrected chi connectivity index (χ0v) is 11.7. The topological polar surface area (TPSA) is 20.2 Å². The summed E-state index contributed by atoms with van der Waals surface area (Å²) in [6.45, 7) is 5.69. The van der Waals surface area contributed by atoms with Crippen molar-refractivity contribution in [3.05, 3.63) is 49.1 Å². The van der Waals surface area contributed by atoms with Crippen molar-refractivity contribution in [1.82, 2.24) is 0 Å². The van der Waals surface area contributed by atoms with Crippen LogP contribution in [0.15, 0.2) is 49.1 Å². The molecule has 0 rings (SSSR count). The van der Waals surface area contributed by atoms with Gasteiger partial charge in [0.25, 0.3) is 0 Å². The molecule has 0 aliphatic carbocycles. The van der Waals surface area contributed by atoms with Crippen molar-refractivity contribution in [3.8, 4) is 0 Å². The summed E-state index contributed by atoms with van der Waals surface area (Å²) in [6, 6.07) is 0. The van der Waals surface area contributed by atoms with Crippen LogP contribution in [-0.4, -0.2) is 11.2 Å². The molecule has 0 saturated heterocycles. The maximum Gasteiger partial charge on any atom is 0.0721 e. The summed E-state index contributed by atoms with van der Waals surface area (Å²) in [5, 5.41) is 9.28. The van der Waals surface area contributed by atoms with Gasteiger partial charge in [-0.05, 0) is 38.5 Å². The third-order valence-corrected chi connectivity index (χ3v) is 2.72. The first kappa shape index (κ1) is 16.9. The highest BCUT2D eigenvalue weighted by Gasteiger charge is 1.89. The second kappa shape index (κ2) is 14.0. The molecule has 0 spiro atoms. The van der Waals surface area contributed by atoms with E-state index in [9.17, 15) is 5.11 Å². The summed E-state index contributed by atoms with van der Waals surface area (Å²) in [6.07, 6.45) is 21.9. The van der Waals surface area contributed by atoms with E-state index in [4.69, 9.17) is 0 Å². The molecule has 0 aromatic carbocycles. The molecule has 1 N–H and O–H groups in total. The van der Waals surface area contributed by atoms with Crippen molar-refractivity contribution < 1.29 is 5.11 Å². The Morgan fingerprint density at radius 2 is 1.78 bits per heavy atom. The Morgan fingerprint density at radius 3 is 2.50 bits per heavy atom. The number of aliphatic hydroxyl groups excluding tert-OH is 1. The smallest absolute Gasteiger partial charge is 0.0721 e. The minimum absolute atomic E-state index is 0.305. The number of rotatable bonds is 11. The molecule has 0 heterocycles. The highest BCUT2D eigenvalue weighted by Crippen LogP contribution is 2.04. The molecule has 0 aromatic heterocycles. The van der Waals surface area contributed by atoms with Gasteiger partial charge in [0.1, 0.15) is 0 Å². The van der Waals surface area contributed by atoms with Crippen LogP contribution < -0.4 is 0 Å². The van der Waals surface area contributed by atoms with E-state index in [1.807, 2.05) is 31.2 Å². The van der Waals surface area contributed by atoms with Crippen LogP contribution in [0.25, 0.3) is 0 Å². The van der Waals surface area contributed by atoms with Crippen molar-refractivity contribution in [2.24, 2.45) is 0 Å². The average Bonchev–Trinajstić information content (AvgIpc) is 2.39. The number of aliphatic hydroxyl groups is 1. The summed E-state index contributed by atoms with van der Waals surface area (Å²) >= 11 is 0. The number of allylic oxidation sites excluding steroid dienone is 6. The van der Waals surface area contributed by atoms with Gasteiger partial charge in [0.2, 0.25) is 0 Å². The molecule has 1 heteroatoms. The zero-order valence-electron chi connectivity index (χ0n) is 11.7. The zero-order chi connectivity index (χ0) is 13.5. The number of hydrogen-bond donors (Lipinski definition) is 1. The molecule has 0 fully saturated rings. The van der Waals surface area contributed by atoms with Gasteiger partial charge in [0.05, 0.1) is 6.10 Å². The van der Waals surface area contributed by atoms with Gasteiger partial charge < -0.3 is 5.11 Å². The minimum Gasteiger partial charge on any atom is -0.389 e. The van der Waals surface area contributed by atoms with Crippen LogP contribution in [0, 0.1) is 0 Å². The quantitative estimate of drug-likeness (QED) is 0.311. The molecule has 0 saturated carbocycles. The fourth-order valence-electron chi connectivity index (χ4n) is 1.51. The molecule has 0 aromatic rings. The molecule has 102 valence electrons. The first-order valence-electron chi connectivity index (χ1n) is 7.08. The standard InChI is InChI=1S/C17H28O/c1-3-5-6-7-8-9-10-11-12-13-14-15-16-17(18)4-2/h3,10-11,13-18H,1,4-9,12H2,2H3/b11-10-,14-13-,16-15+. The minimum atomic E-state index is -0.305. The molecular formula is C17H28O. The Morgan fingerprint density at radius 1 is 1.00 bits per heavy atom. The van der Waals surface area contributed by atoms with Crippen molar-refractivity contribution in [2.75, 3.05) is 0 Å². The second-order valence-electron chi connectivity index (χ2n) is 4.42. The Hall–Kier alpha value is -1.08. The molecule has 0 bridgehead atoms. The third kappa shape index (κ3) is 13.0. The lowest BCUT2D eigenvalue weighted by molar-refractivity contribution is 0.219. The van der Waals surface area contributed by atoms with Gasteiger partial charge in [-0.3, -0.25) is 0 Å². The Labute approximate surface area is 113 Å². The van der Waals surface area contributed by atoms with Gasteiger partial charge in [-0.25, -0.2) is 0 Å². The maximum absolute atomic E-state index is 9.28. The number of unbranched alkanes of at least 4 members (excludes halogenated alkanes) is 4. The van der Waals surface area contributed by atoms with Crippen molar-refractivity contribution in [1.29, 1.82) is 0 Å². The van der Waals surface area contributed by atoms with E-state index in [1.165, 1.54) is 25.7 Å². The monoisotopic (exact) mass is 248 g/mol. The molecule has 18 heavy (non-hydrogen) atoms. The second-order valence-corrected chi connectivity index (χ2v) is 4.42. The van der Waals surface area contributed by atoms with Crippen LogP contribution in [0.1, 0.15) is 51.9 Å². The van der Waals surface area contributed by atoms with Gasteiger partial charge in [0.15, 0.2) is 0 Å². The van der Waals surface area contributed by atoms with Gasteiger partial charge in [-0.2, -0.15) is 0 Å². The fourth-order valence-corrected chi connectivity index (χ4v) is 1.51. The van der Waals surface area contributed by atoms with E-state index >= 15 is 0 Å². The van der Waals surface area contributed by atoms with Crippen molar-refractivity contribution in [2.45, 2.75) is 58.0 Å².